The maximum atomic E-state index is 13.6. The molecule has 4 rings (SSSR count). The van der Waals surface area contributed by atoms with E-state index < -0.39 is 11.2 Å². The van der Waals surface area contributed by atoms with Gasteiger partial charge < -0.3 is 9.64 Å². The molecular weight excluding hydrogens is 399 g/mol. The number of nitrogens with zero attached hydrogens (tertiary/aromatic N) is 4. The largest absolute Gasteiger partial charge is 0.383 e. The summed E-state index contributed by atoms with van der Waals surface area (Å²) >= 11 is 0. The van der Waals surface area contributed by atoms with Crippen molar-refractivity contribution in [1.29, 1.82) is 0 Å². The van der Waals surface area contributed by atoms with Gasteiger partial charge in [-0.05, 0) is 38.0 Å². The molecule has 2 aromatic rings. The van der Waals surface area contributed by atoms with Gasteiger partial charge in [-0.1, -0.05) is 13.0 Å². The van der Waals surface area contributed by atoms with Crippen LogP contribution in [0.15, 0.2) is 24.3 Å². The number of piperidine rings is 1. The summed E-state index contributed by atoms with van der Waals surface area (Å²) in [6.45, 7) is 5.87. The quantitative estimate of drug-likeness (QED) is 0.735. The van der Waals surface area contributed by atoms with Gasteiger partial charge >= 0.3 is 0 Å². The van der Waals surface area contributed by atoms with Gasteiger partial charge in [0, 0.05) is 42.4 Å². The minimum Gasteiger partial charge on any atom is -0.383 e. The van der Waals surface area contributed by atoms with Crippen LogP contribution >= 0.6 is 0 Å². The van der Waals surface area contributed by atoms with Crippen LogP contribution in [0, 0.1) is 12.7 Å². The molecule has 2 amide bonds. The predicted molar refractivity (Wildman–Crippen MR) is 114 cm³/mol. The highest BCUT2D eigenvalue weighted by atomic mass is 19.1. The van der Waals surface area contributed by atoms with Crippen molar-refractivity contribution in [3.63, 3.8) is 0 Å². The van der Waals surface area contributed by atoms with E-state index in [4.69, 9.17) is 14.7 Å². The SMILES string of the molecule is COCCN1C(=O)Cc2c(C)nc([C@@]3(C)CCCN(C(=O)c4cccc(F)c4)C3)nc21. The van der Waals surface area contributed by atoms with Crippen LogP contribution in [-0.2, 0) is 21.4 Å². The smallest absolute Gasteiger partial charge is 0.253 e. The number of aromatic nitrogens is 2. The van der Waals surface area contributed by atoms with Gasteiger partial charge in [-0.25, -0.2) is 14.4 Å². The molecule has 0 unspecified atom stereocenters. The zero-order valence-corrected chi connectivity index (χ0v) is 18.2. The number of hydrogen-bond acceptors (Lipinski definition) is 5. The second-order valence-electron chi connectivity index (χ2n) is 8.55. The van der Waals surface area contributed by atoms with Crippen LogP contribution in [0.25, 0.3) is 0 Å². The van der Waals surface area contributed by atoms with Crippen LogP contribution in [0.4, 0.5) is 10.2 Å². The number of ether oxygens (including phenoxy) is 1. The van der Waals surface area contributed by atoms with Gasteiger partial charge in [-0.3, -0.25) is 14.5 Å². The maximum Gasteiger partial charge on any atom is 0.253 e. The van der Waals surface area contributed by atoms with E-state index in [0.717, 1.165) is 24.1 Å². The minimum atomic E-state index is -0.459. The fourth-order valence-corrected chi connectivity index (χ4v) is 4.46. The van der Waals surface area contributed by atoms with Crippen molar-refractivity contribution >= 4 is 17.6 Å². The summed E-state index contributed by atoms with van der Waals surface area (Å²) in [5.74, 6) is 0.666. The van der Waals surface area contributed by atoms with E-state index >= 15 is 0 Å². The summed E-state index contributed by atoms with van der Waals surface area (Å²) in [6, 6.07) is 5.77. The summed E-state index contributed by atoms with van der Waals surface area (Å²) in [5.41, 5.74) is 1.53. The van der Waals surface area contributed by atoms with Gasteiger partial charge in [0.1, 0.15) is 17.5 Å². The molecule has 31 heavy (non-hydrogen) atoms. The van der Waals surface area contributed by atoms with Gasteiger partial charge in [-0.2, -0.15) is 0 Å². The molecule has 1 fully saturated rings. The van der Waals surface area contributed by atoms with Gasteiger partial charge in [0.2, 0.25) is 5.91 Å². The van der Waals surface area contributed by atoms with Crippen molar-refractivity contribution in [2.45, 2.75) is 38.5 Å². The molecule has 0 bridgehead atoms. The molecule has 1 atom stereocenters. The third-order valence-corrected chi connectivity index (χ3v) is 6.19. The fraction of sp³-hybridized carbons (Fsp3) is 0.478. The summed E-state index contributed by atoms with van der Waals surface area (Å²) in [7, 11) is 1.60. The van der Waals surface area contributed by atoms with Crippen molar-refractivity contribution < 1.29 is 18.7 Å². The van der Waals surface area contributed by atoms with Crippen LogP contribution in [0.3, 0.4) is 0 Å². The first-order valence-corrected chi connectivity index (χ1v) is 10.5. The molecule has 8 heteroatoms. The fourth-order valence-electron chi connectivity index (χ4n) is 4.46. The lowest BCUT2D eigenvalue weighted by Gasteiger charge is -2.39. The highest BCUT2D eigenvalue weighted by Gasteiger charge is 2.40. The average Bonchev–Trinajstić information content (AvgIpc) is 3.07. The van der Waals surface area contributed by atoms with Crippen LogP contribution in [0.1, 0.15) is 47.2 Å². The molecule has 0 N–H and O–H groups in total. The molecule has 7 nitrogen and oxygen atoms in total. The minimum absolute atomic E-state index is 0.00157. The highest BCUT2D eigenvalue weighted by Crippen LogP contribution is 2.36. The Morgan fingerprint density at radius 1 is 1.32 bits per heavy atom. The molecule has 0 radical (unpaired) electrons. The van der Waals surface area contributed by atoms with Gasteiger partial charge in [0.25, 0.3) is 5.91 Å². The molecule has 164 valence electrons. The highest BCUT2D eigenvalue weighted by molar-refractivity contribution is 6.00. The third kappa shape index (κ3) is 4.04. The Balaban J connectivity index is 1.63. The van der Waals surface area contributed by atoms with Crippen molar-refractivity contribution in [2.24, 2.45) is 0 Å². The first-order valence-electron chi connectivity index (χ1n) is 10.5. The number of halogens is 1. The number of methoxy groups -OCH3 is 1. The lowest BCUT2D eigenvalue weighted by Crippen LogP contribution is -2.48. The Labute approximate surface area is 181 Å². The Bertz CT molecular complexity index is 1030. The number of fused-ring (bicyclic) bond motifs is 1. The molecule has 1 saturated heterocycles. The Hall–Kier alpha value is -2.87. The van der Waals surface area contributed by atoms with Crippen LogP contribution < -0.4 is 4.90 Å². The van der Waals surface area contributed by atoms with E-state index in [-0.39, 0.29) is 11.8 Å². The number of amides is 2. The van der Waals surface area contributed by atoms with E-state index in [1.165, 1.54) is 12.1 Å². The van der Waals surface area contributed by atoms with E-state index in [0.29, 0.717) is 49.9 Å². The van der Waals surface area contributed by atoms with E-state index in [2.05, 4.69) is 6.92 Å². The van der Waals surface area contributed by atoms with E-state index in [1.54, 1.807) is 29.0 Å². The number of carbonyl (C=O) groups excluding carboxylic acids is 2. The molecular formula is C23H27FN4O3. The molecule has 1 aromatic heterocycles. The first-order chi connectivity index (χ1) is 14.8. The molecule has 2 aliphatic rings. The van der Waals surface area contributed by atoms with Gasteiger partial charge in [0.15, 0.2) is 0 Å². The number of hydrogen-bond donors (Lipinski definition) is 0. The van der Waals surface area contributed by atoms with Crippen LogP contribution in [0.2, 0.25) is 0 Å². The van der Waals surface area contributed by atoms with Crippen molar-refractivity contribution in [3.8, 4) is 0 Å². The Morgan fingerprint density at radius 3 is 2.87 bits per heavy atom. The number of rotatable bonds is 5. The Morgan fingerprint density at radius 2 is 2.13 bits per heavy atom. The molecule has 0 spiro atoms. The van der Waals surface area contributed by atoms with Crippen LogP contribution in [-0.4, -0.2) is 60.0 Å². The number of carbonyl (C=O) groups is 2. The monoisotopic (exact) mass is 426 g/mol. The van der Waals surface area contributed by atoms with Crippen molar-refractivity contribution in [1.82, 2.24) is 14.9 Å². The normalized spacial score (nSPS) is 20.8. The van der Waals surface area contributed by atoms with Gasteiger partial charge in [0.05, 0.1) is 19.6 Å². The second kappa shape index (κ2) is 8.34. The topological polar surface area (TPSA) is 75.6 Å². The third-order valence-electron chi connectivity index (χ3n) is 6.19. The average molecular weight is 426 g/mol. The molecule has 2 aliphatic heterocycles. The lowest BCUT2D eigenvalue weighted by atomic mass is 9.80. The zero-order chi connectivity index (χ0) is 22.2. The number of anilines is 1. The molecule has 3 heterocycles. The molecule has 1 aromatic carbocycles. The van der Waals surface area contributed by atoms with E-state index in [1.807, 2.05) is 6.92 Å². The van der Waals surface area contributed by atoms with Crippen molar-refractivity contribution in [3.05, 3.63) is 52.7 Å². The summed E-state index contributed by atoms with van der Waals surface area (Å²) in [5, 5.41) is 0. The van der Waals surface area contributed by atoms with E-state index in [9.17, 15) is 14.0 Å². The molecule has 0 saturated carbocycles. The summed E-state index contributed by atoms with van der Waals surface area (Å²) < 4.78 is 18.8. The number of aryl methyl sites for hydroxylation is 1. The van der Waals surface area contributed by atoms with Crippen molar-refractivity contribution in [2.75, 3.05) is 38.3 Å². The first kappa shape index (κ1) is 21.4. The predicted octanol–water partition coefficient (Wildman–Crippen LogP) is 2.65. The maximum absolute atomic E-state index is 13.6. The second-order valence-corrected chi connectivity index (χ2v) is 8.55. The lowest BCUT2D eigenvalue weighted by molar-refractivity contribution is -0.117. The number of likely N-dealkylation sites (tertiary alicyclic amines) is 1. The van der Waals surface area contributed by atoms with Gasteiger partial charge in [-0.15, -0.1) is 0 Å². The number of benzene rings is 1. The standard InChI is InChI=1S/C23H27FN4O3/c1-15-18-13-19(29)28(10-11-31-3)20(18)26-22(25-15)23(2)8-5-9-27(14-23)21(30)16-6-4-7-17(24)12-16/h4,6-7,12H,5,8-11,13-14H2,1-3H3/t23-/m0/s1. The Kier molecular flexibility index (Phi) is 5.75. The van der Waals surface area contributed by atoms with Crippen LogP contribution in [0.5, 0.6) is 0 Å². The summed E-state index contributed by atoms with van der Waals surface area (Å²) in [6.07, 6.45) is 1.92. The molecule has 0 aliphatic carbocycles. The summed E-state index contributed by atoms with van der Waals surface area (Å²) in [4.78, 5) is 38.5. The zero-order valence-electron chi connectivity index (χ0n) is 18.2.